The Hall–Kier alpha value is -4.19. The van der Waals surface area contributed by atoms with Crippen LogP contribution < -0.4 is 10.0 Å². The minimum Gasteiger partial charge on any atom is -0.321 e. The fourth-order valence-electron chi connectivity index (χ4n) is 3.07. The summed E-state index contributed by atoms with van der Waals surface area (Å²) in [6.07, 6.45) is 3.39. The van der Waals surface area contributed by atoms with Crippen LogP contribution in [-0.2, 0) is 10.0 Å². The topological polar surface area (TPSA) is 145 Å². The Kier molecular flexibility index (Phi) is 5.84. The second-order valence-corrected chi connectivity index (χ2v) is 8.83. The number of sulfonamides is 1. The van der Waals surface area contributed by atoms with Gasteiger partial charge in [-0.2, -0.15) is 0 Å². The summed E-state index contributed by atoms with van der Waals surface area (Å²) in [5, 5.41) is 10.7. The highest BCUT2D eigenvalue weighted by atomic mass is 32.2. The summed E-state index contributed by atoms with van der Waals surface area (Å²) in [7, 11) is -3.86. The van der Waals surface area contributed by atoms with Gasteiger partial charge in [-0.1, -0.05) is 0 Å². The standard InChI is InChI=1S/C21H20N8O3S/c1-13-12-19(24-14(2)23-13)28-33(31,32)17-6-4-16(5-7-17)25-21(30)18-8-9-20(27-26-18)29-11-10-22-15(29)3/h4-12H,1-3H3,(H,25,30)(H,23,24,28). The first-order chi connectivity index (χ1) is 15.7. The molecule has 0 spiro atoms. The van der Waals surface area contributed by atoms with Crippen molar-refractivity contribution in [2.45, 2.75) is 25.7 Å². The van der Waals surface area contributed by atoms with Gasteiger partial charge in [-0.15, -0.1) is 10.2 Å². The third-order valence-electron chi connectivity index (χ3n) is 4.58. The number of carbonyl (C=O) groups is 1. The van der Waals surface area contributed by atoms with Crippen molar-refractivity contribution in [2.75, 3.05) is 10.0 Å². The van der Waals surface area contributed by atoms with Crippen LogP contribution in [0.2, 0.25) is 0 Å². The number of hydrogen-bond acceptors (Lipinski definition) is 8. The predicted molar refractivity (Wildman–Crippen MR) is 121 cm³/mol. The van der Waals surface area contributed by atoms with Crippen LogP contribution in [0.1, 0.15) is 27.8 Å². The van der Waals surface area contributed by atoms with Gasteiger partial charge >= 0.3 is 0 Å². The normalized spacial score (nSPS) is 11.2. The van der Waals surface area contributed by atoms with Crippen LogP contribution in [0.5, 0.6) is 0 Å². The van der Waals surface area contributed by atoms with Crippen LogP contribution in [0.15, 0.2) is 59.8 Å². The third-order valence-corrected chi connectivity index (χ3v) is 5.95. The van der Waals surface area contributed by atoms with Gasteiger partial charge in [0.25, 0.3) is 15.9 Å². The molecular weight excluding hydrogens is 444 g/mol. The van der Waals surface area contributed by atoms with Gasteiger partial charge in [0.15, 0.2) is 11.5 Å². The third kappa shape index (κ3) is 5.01. The number of nitrogens with zero attached hydrogens (tertiary/aromatic N) is 6. The second-order valence-electron chi connectivity index (χ2n) is 7.15. The van der Waals surface area contributed by atoms with Gasteiger partial charge in [-0.25, -0.2) is 23.4 Å². The molecule has 168 valence electrons. The predicted octanol–water partition coefficient (Wildman–Crippen LogP) is 2.43. The fourth-order valence-corrected chi connectivity index (χ4v) is 4.07. The molecule has 0 saturated carbocycles. The number of imidazole rings is 1. The molecule has 4 rings (SSSR count). The summed E-state index contributed by atoms with van der Waals surface area (Å²) in [5.74, 6) is 1.46. The molecule has 11 nitrogen and oxygen atoms in total. The van der Waals surface area contributed by atoms with E-state index in [1.807, 2.05) is 6.92 Å². The number of aryl methyl sites for hydroxylation is 3. The number of amides is 1. The van der Waals surface area contributed by atoms with Gasteiger partial charge in [0.2, 0.25) is 0 Å². The Morgan fingerprint density at radius 2 is 1.73 bits per heavy atom. The van der Waals surface area contributed by atoms with E-state index >= 15 is 0 Å². The van der Waals surface area contributed by atoms with Crippen LogP contribution in [0, 0.1) is 20.8 Å². The van der Waals surface area contributed by atoms with Crippen molar-refractivity contribution in [2.24, 2.45) is 0 Å². The van der Waals surface area contributed by atoms with Crippen molar-refractivity contribution in [3.8, 4) is 5.82 Å². The SMILES string of the molecule is Cc1cc(NS(=O)(=O)c2ccc(NC(=O)c3ccc(-n4ccnc4C)nn3)cc2)nc(C)n1. The van der Waals surface area contributed by atoms with Crippen molar-refractivity contribution in [3.63, 3.8) is 0 Å². The largest absolute Gasteiger partial charge is 0.321 e. The number of aromatic nitrogens is 6. The number of benzene rings is 1. The number of rotatable bonds is 6. The van der Waals surface area contributed by atoms with Crippen molar-refractivity contribution < 1.29 is 13.2 Å². The van der Waals surface area contributed by atoms with Gasteiger partial charge < -0.3 is 5.32 Å². The quantitative estimate of drug-likeness (QED) is 0.443. The summed E-state index contributed by atoms with van der Waals surface area (Å²) in [6, 6.07) is 10.5. The number of carbonyl (C=O) groups excluding carboxylic acids is 1. The molecule has 3 aromatic heterocycles. The Bertz CT molecular complexity index is 1390. The number of anilines is 2. The lowest BCUT2D eigenvalue weighted by Crippen LogP contribution is -2.16. The minimum atomic E-state index is -3.86. The molecular formula is C21H20N8O3S. The summed E-state index contributed by atoms with van der Waals surface area (Å²) in [5.41, 5.74) is 1.17. The fraction of sp³-hybridized carbons (Fsp3) is 0.143. The van der Waals surface area contributed by atoms with E-state index in [1.54, 1.807) is 49.0 Å². The van der Waals surface area contributed by atoms with E-state index in [4.69, 9.17) is 0 Å². The highest BCUT2D eigenvalue weighted by Gasteiger charge is 2.16. The zero-order valence-corrected chi connectivity index (χ0v) is 18.8. The van der Waals surface area contributed by atoms with E-state index in [2.05, 4.69) is 35.2 Å². The maximum atomic E-state index is 12.6. The Balaban J connectivity index is 1.44. The molecule has 1 amide bonds. The van der Waals surface area contributed by atoms with Gasteiger partial charge in [0.1, 0.15) is 17.5 Å². The highest BCUT2D eigenvalue weighted by Crippen LogP contribution is 2.18. The zero-order valence-electron chi connectivity index (χ0n) is 18.0. The van der Waals surface area contributed by atoms with E-state index in [1.165, 1.54) is 24.3 Å². The van der Waals surface area contributed by atoms with Gasteiger partial charge in [0, 0.05) is 29.8 Å². The molecule has 0 aliphatic heterocycles. The molecule has 1 aromatic carbocycles. The van der Waals surface area contributed by atoms with Crippen LogP contribution in [0.4, 0.5) is 11.5 Å². The van der Waals surface area contributed by atoms with E-state index < -0.39 is 15.9 Å². The molecule has 0 atom stereocenters. The average Bonchev–Trinajstić information content (AvgIpc) is 3.19. The van der Waals surface area contributed by atoms with E-state index in [9.17, 15) is 13.2 Å². The molecule has 2 N–H and O–H groups in total. The molecule has 0 bridgehead atoms. The zero-order chi connectivity index (χ0) is 23.6. The maximum Gasteiger partial charge on any atom is 0.276 e. The van der Waals surface area contributed by atoms with Crippen LogP contribution in [0.3, 0.4) is 0 Å². The van der Waals surface area contributed by atoms with Gasteiger partial charge in [-0.05, 0) is 57.2 Å². The van der Waals surface area contributed by atoms with Gasteiger partial charge in [-0.3, -0.25) is 14.1 Å². The van der Waals surface area contributed by atoms with E-state index in [0.717, 1.165) is 5.82 Å². The van der Waals surface area contributed by atoms with Gasteiger partial charge in [0.05, 0.1) is 4.90 Å². The summed E-state index contributed by atoms with van der Waals surface area (Å²) >= 11 is 0. The molecule has 0 unspecified atom stereocenters. The minimum absolute atomic E-state index is 0.0225. The first kappa shape index (κ1) is 22.0. The van der Waals surface area contributed by atoms with Crippen molar-refractivity contribution in [1.29, 1.82) is 0 Å². The maximum absolute atomic E-state index is 12.6. The Morgan fingerprint density at radius 3 is 2.33 bits per heavy atom. The molecule has 0 saturated heterocycles. The smallest absolute Gasteiger partial charge is 0.276 e. The molecule has 0 aliphatic carbocycles. The number of hydrogen-bond donors (Lipinski definition) is 2. The summed E-state index contributed by atoms with van der Waals surface area (Å²) < 4.78 is 29.5. The van der Waals surface area contributed by atoms with E-state index in [-0.39, 0.29) is 16.4 Å². The first-order valence-corrected chi connectivity index (χ1v) is 11.3. The molecule has 33 heavy (non-hydrogen) atoms. The van der Waals surface area contributed by atoms with Crippen LogP contribution in [-0.4, -0.2) is 44.0 Å². The summed E-state index contributed by atoms with van der Waals surface area (Å²) in [4.78, 5) is 24.8. The molecule has 0 radical (unpaired) electrons. The van der Waals surface area contributed by atoms with Crippen molar-refractivity contribution in [3.05, 3.63) is 77.9 Å². The Labute approximate surface area is 190 Å². The second kappa shape index (κ2) is 8.74. The molecule has 12 heteroatoms. The lowest BCUT2D eigenvalue weighted by Gasteiger charge is -2.10. The molecule has 3 heterocycles. The van der Waals surface area contributed by atoms with Crippen LogP contribution in [0.25, 0.3) is 5.82 Å². The van der Waals surface area contributed by atoms with Crippen LogP contribution >= 0.6 is 0 Å². The highest BCUT2D eigenvalue weighted by molar-refractivity contribution is 7.92. The average molecular weight is 465 g/mol. The van der Waals surface area contributed by atoms with Crippen molar-refractivity contribution >= 4 is 27.4 Å². The molecule has 4 aromatic rings. The monoisotopic (exact) mass is 464 g/mol. The lowest BCUT2D eigenvalue weighted by molar-refractivity contribution is 0.102. The van der Waals surface area contributed by atoms with E-state index in [0.29, 0.717) is 23.0 Å². The Morgan fingerprint density at radius 1 is 0.970 bits per heavy atom. The lowest BCUT2D eigenvalue weighted by atomic mass is 10.3. The molecule has 0 fully saturated rings. The number of nitrogens with one attached hydrogen (secondary N) is 2. The summed E-state index contributed by atoms with van der Waals surface area (Å²) in [6.45, 7) is 5.26. The van der Waals surface area contributed by atoms with Crippen molar-refractivity contribution in [1.82, 2.24) is 29.7 Å². The first-order valence-electron chi connectivity index (χ1n) is 9.82. The molecule has 0 aliphatic rings.